The maximum Gasteiger partial charge on any atom is 0.282 e. The van der Waals surface area contributed by atoms with E-state index in [1.165, 1.54) is 4.57 Å². The standard InChI is InChI=1S/C17H19N5O2/c1-4-9-22-11(2)10-14(20-22)18-19-15-16(23)12-7-5-6-8-13(12)21(3)17(15)24/h5-8,10,23H,4,9H2,1-3H3. The fraction of sp³-hybridized carbons (Fsp3) is 0.294. The van der Waals surface area contributed by atoms with E-state index in [9.17, 15) is 9.90 Å². The molecular weight excluding hydrogens is 306 g/mol. The molecule has 0 fully saturated rings. The van der Waals surface area contributed by atoms with Gasteiger partial charge < -0.3 is 9.67 Å². The van der Waals surface area contributed by atoms with Crippen LogP contribution in [0.25, 0.3) is 10.9 Å². The molecule has 0 aliphatic rings. The van der Waals surface area contributed by atoms with Crippen molar-refractivity contribution in [1.82, 2.24) is 14.3 Å². The van der Waals surface area contributed by atoms with Crippen LogP contribution < -0.4 is 5.56 Å². The normalized spacial score (nSPS) is 11.6. The molecule has 0 saturated heterocycles. The second kappa shape index (κ2) is 6.27. The first-order valence-corrected chi connectivity index (χ1v) is 7.79. The summed E-state index contributed by atoms with van der Waals surface area (Å²) in [6.07, 6.45) is 0.963. The van der Waals surface area contributed by atoms with Gasteiger partial charge in [-0.3, -0.25) is 9.48 Å². The van der Waals surface area contributed by atoms with Gasteiger partial charge in [0.1, 0.15) is 0 Å². The molecule has 0 spiro atoms. The van der Waals surface area contributed by atoms with Gasteiger partial charge in [-0.1, -0.05) is 19.1 Å². The summed E-state index contributed by atoms with van der Waals surface area (Å²) in [5.41, 5.74) is 1.13. The van der Waals surface area contributed by atoms with Crippen LogP contribution >= 0.6 is 0 Å². The summed E-state index contributed by atoms with van der Waals surface area (Å²) in [4.78, 5) is 12.4. The summed E-state index contributed by atoms with van der Waals surface area (Å²) in [5, 5.41) is 23.3. The second-order valence-electron chi connectivity index (χ2n) is 5.65. The van der Waals surface area contributed by atoms with Crippen molar-refractivity contribution in [2.24, 2.45) is 17.3 Å². The highest BCUT2D eigenvalue weighted by Gasteiger charge is 2.14. The van der Waals surface area contributed by atoms with Gasteiger partial charge in [-0.15, -0.1) is 10.2 Å². The highest BCUT2D eigenvalue weighted by molar-refractivity contribution is 5.89. The lowest BCUT2D eigenvalue weighted by Gasteiger charge is -2.08. The maximum absolute atomic E-state index is 12.4. The predicted octanol–water partition coefficient (Wildman–Crippen LogP) is 3.57. The molecule has 0 saturated carbocycles. The number of fused-ring (bicyclic) bond motifs is 1. The van der Waals surface area contributed by atoms with Gasteiger partial charge in [0.15, 0.2) is 17.3 Å². The quantitative estimate of drug-likeness (QED) is 0.744. The molecule has 24 heavy (non-hydrogen) atoms. The molecule has 1 aromatic carbocycles. The largest absolute Gasteiger partial charge is 0.505 e. The molecule has 0 amide bonds. The second-order valence-corrected chi connectivity index (χ2v) is 5.65. The molecule has 1 N–H and O–H groups in total. The molecule has 7 heteroatoms. The van der Waals surface area contributed by atoms with Crippen molar-refractivity contribution in [3.63, 3.8) is 0 Å². The first-order valence-electron chi connectivity index (χ1n) is 7.79. The Balaban J connectivity index is 2.07. The Morgan fingerprint density at radius 2 is 2.00 bits per heavy atom. The van der Waals surface area contributed by atoms with Gasteiger partial charge in [-0.25, -0.2) is 0 Å². The Kier molecular flexibility index (Phi) is 4.16. The van der Waals surface area contributed by atoms with Crippen LogP contribution in [0, 0.1) is 6.92 Å². The summed E-state index contributed by atoms with van der Waals surface area (Å²) in [6.45, 7) is 4.80. The average Bonchev–Trinajstić information content (AvgIpc) is 2.93. The van der Waals surface area contributed by atoms with E-state index < -0.39 is 5.56 Å². The number of benzene rings is 1. The number of azo groups is 1. The Bertz CT molecular complexity index is 985. The Hall–Kier alpha value is -2.96. The van der Waals surface area contributed by atoms with Crippen LogP contribution in [-0.2, 0) is 13.6 Å². The molecule has 0 radical (unpaired) electrons. The van der Waals surface area contributed by atoms with Crippen LogP contribution in [0.3, 0.4) is 0 Å². The number of hydrogen-bond acceptors (Lipinski definition) is 5. The monoisotopic (exact) mass is 325 g/mol. The summed E-state index contributed by atoms with van der Waals surface area (Å²) < 4.78 is 3.29. The van der Waals surface area contributed by atoms with Crippen molar-refractivity contribution >= 4 is 22.4 Å². The number of pyridine rings is 1. The number of hydrogen-bond donors (Lipinski definition) is 1. The third-order valence-corrected chi connectivity index (χ3v) is 3.91. The lowest BCUT2D eigenvalue weighted by atomic mass is 10.2. The third kappa shape index (κ3) is 2.68. The van der Waals surface area contributed by atoms with Gasteiger partial charge in [0.05, 0.1) is 5.52 Å². The van der Waals surface area contributed by atoms with Crippen LogP contribution in [0.15, 0.2) is 45.4 Å². The summed E-state index contributed by atoms with van der Waals surface area (Å²) in [5.74, 6) is 0.248. The van der Waals surface area contributed by atoms with Crippen molar-refractivity contribution in [1.29, 1.82) is 0 Å². The van der Waals surface area contributed by atoms with E-state index in [0.29, 0.717) is 16.7 Å². The number of rotatable bonds is 4. The minimum absolute atomic E-state index is 0.0844. The SMILES string of the molecule is CCCn1nc(N=Nc2c(O)c3ccccc3n(C)c2=O)cc1C. The minimum Gasteiger partial charge on any atom is -0.505 e. The van der Waals surface area contributed by atoms with Gasteiger partial charge in [0.25, 0.3) is 5.56 Å². The first-order chi connectivity index (χ1) is 11.5. The van der Waals surface area contributed by atoms with E-state index in [1.54, 1.807) is 31.3 Å². The summed E-state index contributed by atoms with van der Waals surface area (Å²) >= 11 is 0. The Morgan fingerprint density at radius 1 is 1.25 bits per heavy atom. The summed E-state index contributed by atoms with van der Waals surface area (Å²) in [6, 6.07) is 8.91. The van der Waals surface area contributed by atoms with Crippen LogP contribution in [0.5, 0.6) is 5.75 Å². The fourth-order valence-electron chi connectivity index (χ4n) is 2.63. The molecule has 0 bridgehead atoms. The van der Waals surface area contributed by atoms with E-state index in [0.717, 1.165) is 18.7 Å². The smallest absolute Gasteiger partial charge is 0.282 e. The molecule has 3 aromatic rings. The van der Waals surface area contributed by atoms with Crippen LogP contribution in [0.2, 0.25) is 0 Å². The van der Waals surface area contributed by atoms with Crippen LogP contribution in [0.4, 0.5) is 11.5 Å². The number of para-hydroxylation sites is 1. The summed E-state index contributed by atoms with van der Waals surface area (Å²) in [7, 11) is 1.64. The van der Waals surface area contributed by atoms with Crippen molar-refractivity contribution in [3.8, 4) is 5.75 Å². The number of aryl methyl sites for hydroxylation is 3. The van der Waals surface area contributed by atoms with E-state index in [-0.39, 0.29) is 11.4 Å². The molecule has 0 aliphatic heterocycles. The zero-order valence-electron chi connectivity index (χ0n) is 13.9. The molecule has 0 aliphatic carbocycles. The number of aromatic hydroxyl groups is 1. The van der Waals surface area contributed by atoms with Crippen LogP contribution in [-0.4, -0.2) is 19.5 Å². The van der Waals surface area contributed by atoms with Crippen molar-refractivity contribution < 1.29 is 5.11 Å². The van der Waals surface area contributed by atoms with E-state index >= 15 is 0 Å². The first kappa shape index (κ1) is 15.9. The molecule has 2 aromatic heterocycles. The van der Waals surface area contributed by atoms with Crippen molar-refractivity contribution in [3.05, 3.63) is 46.4 Å². The van der Waals surface area contributed by atoms with Crippen molar-refractivity contribution in [2.75, 3.05) is 0 Å². The topological polar surface area (TPSA) is 84.8 Å². The molecule has 3 rings (SSSR count). The van der Waals surface area contributed by atoms with E-state index in [1.807, 2.05) is 17.7 Å². The molecule has 124 valence electrons. The van der Waals surface area contributed by atoms with Gasteiger partial charge >= 0.3 is 0 Å². The average molecular weight is 325 g/mol. The molecular formula is C17H19N5O2. The lowest BCUT2D eigenvalue weighted by molar-refractivity contribution is 0.480. The predicted molar refractivity (Wildman–Crippen MR) is 92.3 cm³/mol. The lowest BCUT2D eigenvalue weighted by Crippen LogP contribution is -2.16. The molecule has 0 atom stereocenters. The fourth-order valence-corrected chi connectivity index (χ4v) is 2.63. The molecule has 0 unspecified atom stereocenters. The highest BCUT2D eigenvalue weighted by atomic mass is 16.3. The third-order valence-electron chi connectivity index (χ3n) is 3.91. The minimum atomic E-state index is -0.403. The van der Waals surface area contributed by atoms with Gasteiger partial charge in [-0.2, -0.15) is 5.10 Å². The highest BCUT2D eigenvalue weighted by Crippen LogP contribution is 2.31. The number of aromatic nitrogens is 3. The number of nitrogens with zero attached hydrogens (tertiary/aromatic N) is 5. The Morgan fingerprint density at radius 3 is 2.75 bits per heavy atom. The molecule has 7 nitrogen and oxygen atoms in total. The van der Waals surface area contributed by atoms with E-state index in [2.05, 4.69) is 22.3 Å². The van der Waals surface area contributed by atoms with Gasteiger partial charge in [-0.05, 0) is 25.5 Å². The zero-order valence-corrected chi connectivity index (χ0v) is 13.9. The van der Waals surface area contributed by atoms with Crippen LogP contribution in [0.1, 0.15) is 19.0 Å². The Labute approximate surface area is 138 Å². The molecule has 2 heterocycles. The van der Waals surface area contributed by atoms with Crippen molar-refractivity contribution in [2.45, 2.75) is 26.8 Å². The maximum atomic E-state index is 12.4. The zero-order chi connectivity index (χ0) is 17.3. The van der Waals surface area contributed by atoms with E-state index in [4.69, 9.17) is 0 Å². The van der Waals surface area contributed by atoms with Gasteiger partial charge in [0, 0.05) is 30.7 Å². The van der Waals surface area contributed by atoms with Gasteiger partial charge in [0.2, 0.25) is 0 Å².